The lowest BCUT2D eigenvalue weighted by atomic mass is 9.92. The highest BCUT2D eigenvalue weighted by atomic mass is 16.6. The van der Waals surface area contributed by atoms with Crippen molar-refractivity contribution in [3.05, 3.63) is 66.0 Å². The van der Waals surface area contributed by atoms with Crippen LogP contribution in [0.15, 0.2) is 54.7 Å². The third-order valence-electron chi connectivity index (χ3n) is 4.76. The molecule has 0 spiro atoms. The molecule has 6 nitrogen and oxygen atoms in total. The minimum Gasteiger partial charge on any atom is -0.450 e. The van der Waals surface area contributed by atoms with Gasteiger partial charge in [0.2, 0.25) is 5.91 Å². The maximum atomic E-state index is 13.3. The Balaban J connectivity index is 1.71. The number of amides is 2. The Morgan fingerprint density at radius 1 is 1.00 bits per heavy atom. The van der Waals surface area contributed by atoms with Crippen LogP contribution >= 0.6 is 0 Å². The molecule has 1 fully saturated rings. The van der Waals surface area contributed by atoms with E-state index < -0.39 is 0 Å². The van der Waals surface area contributed by atoms with Gasteiger partial charge in [0.05, 0.1) is 12.5 Å². The van der Waals surface area contributed by atoms with Crippen molar-refractivity contribution in [1.82, 2.24) is 14.8 Å². The molecule has 0 aliphatic carbocycles. The van der Waals surface area contributed by atoms with Crippen molar-refractivity contribution in [3.8, 4) is 0 Å². The van der Waals surface area contributed by atoms with Crippen LogP contribution in [-0.4, -0.2) is 59.6 Å². The Labute approximate surface area is 159 Å². The molecule has 1 aliphatic heterocycles. The van der Waals surface area contributed by atoms with Crippen LogP contribution in [0, 0.1) is 0 Å². The van der Waals surface area contributed by atoms with Crippen molar-refractivity contribution in [2.24, 2.45) is 0 Å². The van der Waals surface area contributed by atoms with E-state index in [2.05, 4.69) is 4.98 Å². The number of pyridine rings is 1. The van der Waals surface area contributed by atoms with E-state index >= 15 is 0 Å². The second kappa shape index (κ2) is 9.16. The second-order valence-corrected chi connectivity index (χ2v) is 6.50. The summed E-state index contributed by atoms with van der Waals surface area (Å²) >= 11 is 0. The normalized spacial score (nSPS) is 15.3. The zero-order chi connectivity index (χ0) is 19.1. The minimum atomic E-state index is -0.308. The molecule has 3 rings (SSSR count). The van der Waals surface area contributed by atoms with Crippen molar-refractivity contribution < 1.29 is 14.3 Å². The van der Waals surface area contributed by atoms with Gasteiger partial charge in [-0.3, -0.25) is 9.78 Å². The van der Waals surface area contributed by atoms with Crippen LogP contribution in [0.1, 0.15) is 24.1 Å². The number of nitrogens with zero attached hydrogens (tertiary/aromatic N) is 3. The summed E-state index contributed by atoms with van der Waals surface area (Å²) in [6, 6.07) is 15.6. The molecule has 0 radical (unpaired) electrons. The molecular weight excluding hydrogens is 342 g/mol. The van der Waals surface area contributed by atoms with Gasteiger partial charge in [0.1, 0.15) is 0 Å². The number of rotatable bonds is 5. The van der Waals surface area contributed by atoms with Crippen molar-refractivity contribution >= 4 is 12.0 Å². The highest BCUT2D eigenvalue weighted by Gasteiger charge is 2.30. The second-order valence-electron chi connectivity index (χ2n) is 6.50. The van der Waals surface area contributed by atoms with Crippen LogP contribution in [0.5, 0.6) is 0 Å². The summed E-state index contributed by atoms with van der Waals surface area (Å²) in [6.45, 7) is 4.18. The lowest BCUT2D eigenvalue weighted by Crippen LogP contribution is -2.52. The minimum absolute atomic E-state index is 0.0790. The third kappa shape index (κ3) is 4.84. The van der Waals surface area contributed by atoms with Crippen LogP contribution in [0.2, 0.25) is 0 Å². The number of ether oxygens (including phenoxy) is 1. The van der Waals surface area contributed by atoms with Gasteiger partial charge >= 0.3 is 6.09 Å². The first-order valence-corrected chi connectivity index (χ1v) is 9.34. The SMILES string of the molecule is CCOC(=O)N1CCN(C(=O)C(Cc2ccccn2)c2ccccc2)CC1. The largest absolute Gasteiger partial charge is 0.450 e. The summed E-state index contributed by atoms with van der Waals surface area (Å²) in [7, 11) is 0. The number of benzene rings is 1. The third-order valence-corrected chi connectivity index (χ3v) is 4.76. The molecule has 1 unspecified atom stereocenters. The van der Waals surface area contributed by atoms with Gasteiger partial charge in [0, 0.05) is 44.5 Å². The van der Waals surface area contributed by atoms with Crippen LogP contribution in [0.4, 0.5) is 4.79 Å². The summed E-state index contributed by atoms with van der Waals surface area (Å²) < 4.78 is 5.05. The fourth-order valence-electron chi connectivity index (χ4n) is 3.31. The fourth-order valence-corrected chi connectivity index (χ4v) is 3.31. The average Bonchev–Trinajstić information content (AvgIpc) is 2.73. The van der Waals surface area contributed by atoms with E-state index in [1.807, 2.05) is 53.4 Å². The number of hydrogen-bond acceptors (Lipinski definition) is 4. The predicted octanol–water partition coefficient (Wildman–Crippen LogP) is 2.71. The maximum Gasteiger partial charge on any atom is 0.409 e. The van der Waals surface area contributed by atoms with E-state index in [0.717, 1.165) is 11.3 Å². The van der Waals surface area contributed by atoms with E-state index in [9.17, 15) is 9.59 Å². The molecule has 6 heteroatoms. The summed E-state index contributed by atoms with van der Waals surface area (Å²) in [5, 5.41) is 0. The Bertz CT molecular complexity index is 744. The van der Waals surface area contributed by atoms with Crippen molar-refractivity contribution in [3.63, 3.8) is 0 Å². The smallest absolute Gasteiger partial charge is 0.409 e. The first-order valence-electron chi connectivity index (χ1n) is 9.34. The molecule has 2 aromatic rings. The van der Waals surface area contributed by atoms with Crippen molar-refractivity contribution in [2.45, 2.75) is 19.3 Å². The lowest BCUT2D eigenvalue weighted by molar-refractivity contribution is -0.134. The molecule has 1 aliphatic rings. The quantitative estimate of drug-likeness (QED) is 0.815. The van der Waals surface area contributed by atoms with Crippen LogP contribution in [-0.2, 0) is 16.0 Å². The van der Waals surface area contributed by atoms with E-state index in [1.54, 1.807) is 18.0 Å². The van der Waals surface area contributed by atoms with Gasteiger partial charge in [0.25, 0.3) is 0 Å². The van der Waals surface area contributed by atoms with Gasteiger partial charge in [-0.25, -0.2) is 4.79 Å². The molecule has 1 aromatic heterocycles. The highest BCUT2D eigenvalue weighted by Crippen LogP contribution is 2.23. The van der Waals surface area contributed by atoms with Gasteiger partial charge in [-0.2, -0.15) is 0 Å². The molecule has 2 amide bonds. The molecule has 1 saturated heterocycles. The Kier molecular flexibility index (Phi) is 6.41. The fraction of sp³-hybridized carbons (Fsp3) is 0.381. The molecule has 0 bridgehead atoms. The molecule has 27 heavy (non-hydrogen) atoms. The number of piperazine rings is 1. The average molecular weight is 367 g/mol. The van der Waals surface area contributed by atoms with E-state index in [-0.39, 0.29) is 17.9 Å². The van der Waals surface area contributed by atoms with Crippen LogP contribution in [0.25, 0.3) is 0 Å². The predicted molar refractivity (Wildman–Crippen MR) is 102 cm³/mol. The standard InChI is InChI=1S/C21H25N3O3/c1-2-27-21(26)24-14-12-23(13-15-24)20(25)19(17-8-4-3-5-9-17)16-18-10-6-7-11-22-18/h3-11,19H,2,12-16H2,1H3. The molecule has 0 saturated carbocycles. The zero-order valence-electron chi connectivity index (χ0n) is 15.6. The van der Waals surface area contributed by atoms with Gasteiger partial charge in [-0.15, -0.1) is 0 Å². The van der Waals surface area contributed by atoms with E-state index in [0.29, 0.717) is 39.2 Å². The van der Waals surface area contributed by atoms with Gasteiger partial charge in [-0.05, 0) is 24.6 Å². The Morgan fingerprint density at radius 2 is 1.67 bits per heavy atom. The lowest BCUT2D eigenvalue weighted by Gasteiger charge is -2.36. The summed E-state index contributed by atoms with van der Waals surface area (Å²) in [6.07, 6.45) is 2.00. The number of carbonyl (C=O) groups is 2. The van der Waals surface area contributed by atoms with Gasteiger partial charge in [-0.1, -0.05) is 36.4 Å². The summed E-state index contributed by atoms with van der Waals surface area (Å²) in [4.78, 5) is 33.0. The number of carbonyl (C=O) groups excluding carboxylic acids is 2. The highest BCUT2D eigenvalue weighted by molar-refractivity contribution is 5.84. The van der Waals surface area contributed by atoms with Crippen molar-refractivity contribution in [2.75, 3.05) is 32.8 Å². The summed E-state index contributed by atoms with van der Waals surface area (Å²) in [5.74, 6) is -0.203. The van der Waals surface area contributed by atoms with E-state index in [1.165, 1.54) is 0 Å². The summed E-state index contributed by atoms with van der Waals surface area (Å²) in [5.41, 5.74) is 1.88. The molecule has 142 valence electrons. The number of hydrogen-bond donors (Lipinski definition) is 0. The number of aromatic nitrogens is 1. The topological polar surface area (TPSA) is 62.7 Å². The molecule has 1 aromatic carbocycles. The van der Waals surface area contributed by atoms with Crippen molar-refractivity contribution in [1.29, 1.82) is 0 Å². The molecule has 0 N–H and O–H groups in total. The van der Waals surface area contributed by atoms with Crippen LogP contribution in [0.3, 0.4) is 0 Å². The Hall–Kier alpha value is -2.89. The van der Waals surface area contributed by atoms with Gasteiger partial charge in [0.15, 0.2) is 0 Å². The van der Waals surface area contributed by atoms with E-state index in [4.69, 9.17) is 4.74 Å². The molecule has 2 heterocycles. The molecular formula is C21H25N3O3. The van der Waals surface area contributed by atoms with Gasteiger partial charge < -0.3 is 14.5 Å². The first-order chi connectivity index (χ1) is 13.2. The molecule has 1 atom stereocenters. The maximum absolute atomic E-state index is 13.3. The Morgan fingerprint density at radius 3 is 2.30 bits per heavy atom. The zero-order valence-corrected chi connectivity index (χ0v) is 15.6. The van der Waals surface area contributed by atoms with Crippen LogP contribution < -0.4 is 0 Å². The first kappa shape index (κ1) is 18.9. The monoisotopic (exact) mass is 367 g/mol.